The van der Waals surface area contributed by atoms with Crippen molar-refractivity contribution in [1.82, 2.24) is 19.7 Å². The number of hydrogen-bond donors (Lipinski definition) is 1. The number of nitrogens with one attached hydrogen (secondary N) is 1. The number of rotatable bonds is 6. The van der Waals surface area contributed by atoms with Crippen LogP contribution in [-0.2, 0) is 16.8 Å². The molecule has 0 bridgehead atoms. The lowest BCUT2D eigenvalue weighted by Gasteiger charge is -2.25. The van der Waals surface area contributed by atoms with Crippen LogP contribution in [0.3, 0.4) is 0 Å². The lowest BCUT2D eigenvalue weighted by atomic mass is 9.87. The van der Waals surface area contributed by atoms with E-state index >= 15 is 0 Å². The Kier molecular flexibility index (Phi) is 5.75. The predicted molar refractivity (Wildman–Crippen MR) is 149 cm³/mol. The Hall–Kier alpha value is -4.43. The molecule has 2 fully saturated rings. The van der Waals surface area contributed by atoms with Crippen LogP contribution in [0.5, 0.6) is 0 Å². The maximum absolute atomic E-state index is 13.6. The minimum Gasteiger partial charge on any atom is -0.310 e. The Balaban J connectivity index is 1.24. The van der Waals surface area contributed by atoms with Crippen molar-refractivity contribution in [3.8, 4) is 5.69 Å². The number of fused-ring (bicyclic) bond motifs is 2. The number of aromatic nitrogens is 3. The quantitative estimate of drug-likeness (QED) is 0.306. The average molecular weight is 536 g/mol. The molecule has 5 aromatic rings. The van der Waals surface area contributed by atoms with Crippen LogP contribution in [0.1, 0.15) is 16.7 Å². The number of carbonyl (C=O) groups is 1. The van der Waals surface area contributed by atoms with Crippen molar-refractivity contribution in [2.45, 2.75) is 18.9 Å². The Bertz CT molecular complexity index is 1720. The van der Waals surface area contributed by atoms with Gasteiger partial charge in [0, 0.05) is 30.4 Å². The SMILES string of the molecule is Cc1cc2c(cnn2-c2ccc(F)cc2)cc1[C@@]12CN(Cc3ccccc3)C[C@@H]1[C@H]2C(=O)Nc1ccc(F)cn1. The van der Waals surface area contributed by atoms with Gasteiger partial charge in [-0.25, -0.2) is 18.4 Å². The van der Waals surface area contributed by atoms with E-state index in [1.807, 2.05) is 29.1 Å². The molecule has 3 heterocycles. The first-order chi connectivity index (χ1) is 19.4. The summed E-state index contributed by atoms with van der Waals surface area (Å²) in [6, 6.07) is 23.7. The van der Waals surface area contributed by atoms with E-state index in [4.69, 9.17) is 0 Å². The summed E-state index contributed by atoms with van der Waals surface area (Å²) in [5.74, 6) is -0.571. The van der Waals surface area contributed by atoms with Crippen molar-refractivity contribution >= 4 is 22.6 Å². The standard InChI is InChI=1S/C32H27F2N5O/c1-20-13-28-22(15-36-39(28)25-10-7-23(33)8-11-25)14-26(20)32-19-38(17-21-5-3-2-4-6-21)18-27(32)30(32)31(40)37-29-12-9-24(34)16-35-29/h2-16,27,30H,17-19H2,1H3,(H,35,37,40)/t27-,30+,32+/m1/s1. The van der Waals surface area contributed by atoms with Crippen LogP contribution >= 0.6 is 0 Å². The fourth-order valence-electron chi connectivity index (χ4n) is 6.67. The highest BCUT2D eigenvalue weighted by Crippen LogP contribution is 2.65. The van der Waals surface area contributed by atoms with Crippen LogP contribution in [0.15, 0.2) is 91.3 Å². The number of aryl methyl sites for hydroxylation is 1. The van der Waals surface area contributed by atoms with Gasteiger partial charge >= 0.3 is 0 Å². The number of amides is 1. The maximum Gasteiger partial charge on any atom is 0.229 e. The number of hydrogen-bond acceptors (Lipinski definition) is 4. The first-order valence-electron chi connectivity index (χ1n) is 13.4. The number of piperidine rings is 1. The van der Waals surface area contributed by atoms with Gasteiger partial charge in [0.25, 0.3) is 0 Å². The zero-order valence-corrected chi connectivity index (χ0v) is 21.9. The van der Waals surface area contributed by atoms with E-state index in [0.717, 1.165) is 53.5 Å². The molecule has 1 N–H and O–H groups in total. The van der Waals surface area contributed by atoms with Crippen LogP contribution in [0.25, 0.3) is 16.6 Å². The topological polar surface area (TPSA) is 63.1 Å². The van der Waals surface area contributed by atoms with Crippen molar-refractivity contribution in [3.63, 3.8) is 0 Å². The molecule has 1 amide bonds. The maximum atomic E-state index is 13.6. The molecular weight excluding hydrogens is 508 g/mol. The number of carbonyl (C=O) groups excluding carboxylic acids is 1. The van der Waals surface area contributed by atoms with Gasteiger partial charge < -0.3 is 5.32 Å². The summed E-state index contributed by atoms with van der Waals surface area (Å²) in [7, 11) is 0. The summed E-state index contributed by atoms with van der Waals surface area (Å²) in [4.78, 5) is 20.1. The molecule has 3 aromatic carbocycles. The molecule has 200 valence electrons. The molecule has 1 aliphatic heterocycles. The van der Waals surface area contributed by atoms with Crippen molar-refractivity contribution in [1.29, 1.82) is 0 Å². The lowest BCUT2D eigenvalue weighted by molar-refractivity contribution is -0.118. The third-order valence-electron chi connectivity index (χ3n) is 8.45. The highest BCUT2D eigenvalue weighted by atomic mass is 19.1. The molecule has 0 spiro atoms. The van der Waals surface area contributed by atoms with Crippen molar-refractivity contribution in [2.75, 3.05) is 18.4 Å². The summed E-state index contributed by atoms with van der Waals surface area (Å²) in [5.41, 5.74) is 4.82. The molecular formula is C32H27F2N5O. The molecule has 40 heavy (non-hydrogen) atoms. The van der Waals surface area contributed by atoms with Crippen LogP contribution in [-0.4, -0.2) is 38.7 Å². The molecule has 2 aromatic heterocycles. The highest BCUT2D eigenvalue weighted by Gasteiger charge is 2.72. The van der Waals surface area contributed by atoms with Crippen LogP contribution in [0, 0.1) is 30.4 Å². The fraction of sp³-hybridized carbons (Fsp3) is 0.219. The van der Waals surface area contributed by atoms with E-state index in [9.17, 15) is 13.6 Å². The van der Waals surface area contributed by atoms with Crippen molar-refractivity contribution < 1.29 is 13.6 Å². The first-order valence-corrected chi connectivity index (χ1v) is 13.4. The molecule has 1 aliphatic carbocycles. The summed E-state index contributed by atoms with van der Waals surface area (Å²) in [5, 5.41) is 8.48. The van der Waals surface area contributed by atoms with Gasteiger partial charge in [-0.2, -0.15) is 5.10 Å². The van der Waals surface area contributed by atoms with Crippen LogP contribution in [0.2, 0.25) is 0 Å². The van der Waals surface area contributed by atoms with E-state index in [1.54, 1.807) is 12.1 Å². The number of benzene rings is 3. The van der Waals surface area contributed by atoms with Gasteiger partial charge in [-0.3, -0.25) is 9.69 Å². The van der Waals surface area contributed by atoms with Gasteiger partial charge in [0.05, 0.1) is 29.5 Å². The van der Waals surface area contributed by atoms with Gasteiger partial charge in [-0.05, 0) is 78.1 Å². The molecule has 8 heteroatoms. The average Bonchev–Trinajstić information content (AvgIpc) is 3.20. The monoisotopic (exact) mass is 535 g/mol. The van der Waals surface area contributed by atoms with Gasteiger partial charge in [0.2, 0.25) is 5.91 Å². The Labute approximate surface area is 230 Å². The number of halogens is 2. The third-order valence-corrected chi connectivity index (χ3v) is 8.45. The Morgan fingerprint density at radius 2 is 1.77 bits per heavy atom. The normalized spacial score (nSPS) is 21.9. The molecule has 2 aliphatic rings. The Morgan fingerprint density at radius 3 is 2.52 bits per heavy atom. The fourth-order valence-corrected chi connectivity index (χ4v) is 6.67. The number of nitrogens with zero attached hydrogens (tertiary/aromatic N) is 4. The molecule has 7 rings (SSSR count). The van der Waals surface area contributed by atoms with Crippen molar-refractivity contribution in [3.05, 3.63) is 120 Å². The molecule has 0 radical (unpaired) electrons. The second kappa shape index (κ2) is 9.34. The second-order valence-electron chi connectivity index (χ2n) is 10.9. The molecule has 6 nitrogen and oxygen atoms in total. The lowest BCUT2D eigenvalue weighted by Crippen LogP contribution is -2.33. The number of likely N-dealkylation sites (tertiary alicyclic amines) is 1. The Morgan fingerprint density at radius 1 is 1.00 bits per heavy atom. The van der Waals surface area contributed by atoms with Gasteiger partial charge in [0.1, 0.15) is 17.5 Å². The largest absolute Gasteiger partial charge is 0.310 e. The summed E-state index contributed by atoms with van der Waals surface area (Å²) in [6.07, 6.45) is 2.93. The summed E-state index contributed by atoms with van der Waals surface area (Å²) >= 11 is 0. The van der Waals surface area contributed by atoms with Crippen LogP contribution < -0.4 is 5.32 Å². The van der Waals surface area contributed by atoms with Gasteiger partial charge in [-0.15, -0.1) is 0 Å². The first kappa shape index (κ1) is 24.6. The smallest absolute Gasteiger partial charge is 0.229 e. The van der Waals surface area contributed by atoms with Gasteiger partial charge in [0.15, 0.2) is 0 Å². The van der Waals surface area contributed by atoms with E-state index in [-0.39, 0.29) is 29.0 Å². The number of pyridine rings is 1. The van der Waals surface area contributed by atoms with Crippen molar-refractivity contribution in [2.24, 2.45) is 11.8 Å². The minimum atomic E-state index is -0.445. The zero-order chi connectivity index (χ0) is 27.4. The summed E-state index contributed by atoms with van der Waals surface area (Å²) in [6.45, 7) is 4.45. The molecule has 3 atom stereocenters. The molecule has 1 saturated carbocycles. The third kappa shape index (κ3) is 4.07. The zero-order valence-electron chi connectivity index (χ0n) is 21.9. The molecule has 1 saturated heterocycles. The van der Waals surface area contributed by atoms with Crippen LogP contribution in [0.4, 0.5) is 14.6 Å². The number of anilines is 1. The van der Waals surface area contributed by atoms with E-state index in [2.05, 4.69) is 51.5 Å². The van der Waals surface area contributed by atoms with Gasteiger partial charge in [-0.1, -0.05) is 30.3 Å². The van der Waals surface area contributed by atoms with E-state index < -0.39 is 5.82 Å². The second-order valence-corrected chi connectivity index (χ2v) is 10.9. The van der Waals surface area contributed by atoms with E-state index in [1.165, 1.54) is 29.8 Å². The van der Waals surface area contributed by atoms with E-state index in [0.29, 0.717) is 5.82 Å². The molecule has 0 unspecified atom stereocenters. The summed E-state index contributed by atoms with van der Waals surface area (Å²) < 4.78 is 28.7. The minimum absolute atomic E-state index is 0.0926. The predicted octanol–water partition coefficient (Wildman–Crippen LogP) is 5.65. The highest BCUT2D eigenvalue weighted by molar-refractivity contribution is 5.97.